The van der Waals surface area contributed by atoms with E-state index in [0.717, 1.165) is 12.8 Å². The Morgan fingerprint density at radius 2 is 1.56 bits per heavy atom. The van der Waals surface area contributed by atoms with Crippen LogP contribution in [0.25, 0.3) is 11.0 Å². The summed E-state index contributed by atoms with van der Waals surface area (Å²) in [6.45, 7) is 4.46. The minimum absolute atomic E-state index is 0.0537. The molecule has 2 aromatic rings. The van der Waals surface area contributed by atoms with Crippen molar-refractivity contribution in [3.63, 3.8) is 0 Å². The minimum atomic E-state index is -1.56. The molecule has 252 valence electrons. The van der Waals surface area contributed by atoms with E-state index in [1.165, 1.54) is 95.7 Å². The summed E-state index contributed by atoms with van der Waals surface area (Å²) < 4.78 is 18.4. The molecule has 0 spiro atoms. The number of esters is 1. The molecule has 0 radical (unpaired) electrons. The Bertz CT molecular complexity index is 1230. The maximum Gasteiger partial charge on any atom is 0.308 e. The van der Waals surface area contributed by atoms with Crippen LogP contribution in [-0.4, -0.2) is 82.6 Å². The van der Waals surface area contributed by atoms with Gasteiger partial charge in [-0.3, -0.25) is 9.59 Å². The minimum Gasteiger partial charge on any atom is -0.463 e. The van der Waals surface area contributed by atoms with Crippen LogP contribution in [-0.2, 0) is 24.6 Å². The second-order valence-electron chi connectivity index (χ2n) is 12.4. The Morgan fingerprint density at radius 3 is 2.13 bits per heavy atom. The number of aryl methyl sites for hydroxylation is 1. The largest absolute Gasteiger partial charge is 0.463 e. The number of hydrogen-bond donors (Lipinski definition) is 4. The first-order valence-corrected chi connectivity index (χ1v) is 16.8. The number of unbranched alkanes of at least 4 members (excludes halogenated alkanes) is 13. The summed E-state index contributed by atoms with van der Waals surface area (Å²) in [4.78, 5) is 32.9. The Hall–Kier alpha value is -2.74. The fourth-order valence-corrected chi connectivity index (χ4v) is 5.99. The van der Waals surface area contributed by atoms with Gasteiger partial charge in [0.2, 0.25) is 0 Å². The van der Waals surface area contributed by atoms with Crippen LogP contribution < -0.4 is 11.5 Å². The van der Waals surface area contributed by atoms with E-state index in [1.807, 2.05) is 0 Å². The molecule has 0 saturated carbocycles. The molecule has 1 aliphatic rings. The number of aliphatic hydroxyl groups excluding tert-OH is 2. The van der Waals surface area contributed by atoms with Crippen molar-refractivity contribution in [2.75, 3.05) is 25.6 Å². The van der Waals surface area contributed by atoms with Gasteiger partial charge in [-0.2, -0.15) is 0 Å². The molecule has 0 aliphatic carbocycles. The predicted molar refractivity (Wildman–Crippen MR) is 175 cm³/mol. The van der Waals surface area contributed by atoms with Gasteiger partial charge >= 0.3 is 5.97 Å². The highest BCUT2D eigenvalue weighted by Gasteiger charge is 2.53. The summed E-state index contributed by atoms with van der Waals surface area (Å²) in [5.74, 6) is -0.859. The van der Waals surface area contributed by atoms with E-state index in [0.29, 0.717) is 12.4 Å². The van der Waals surface area contributed by atoms with Gasteiger partial charge in [0, 0.05) is 12.8 Å². The molecule has 3 rings (SSSR count). The Balaban J connectivity index is 1.31. The average molecular weight is 632 g/mol. The van der Waals surface area contributed by atoms with Crippen LogP contribution in [0.3, 0.4) is 0 Å². The number of rotatable bonds is 22. The molecular weight excluding hydrogens is 577 g/mol. The number of anilines is 1. The molecule has 2 aromatic heterocycles. The number of aromatic nitrogens is 3. The molecule has 1 amide bonds. The van der Waals surface area contributed by atoms with Crippen LogP contribution in [0.2, 0.25) is 0 Å². The van der Waals surface area contributed by atoms with E-state index in [9.17, 15) is 19.8 Å². The molecular formula is C32H54BN5O7. The normalized spacial score (nSPS) is 21.5. The predicted octanol–water partition coefficient (Wildman–Crippen LogP) is 3.22. The quantitative estimate of drug-likeness (QED) is 0.0855. The third kappa shape index (κ3) is 10.4. The first-order valence-electron chi connectivity index (χ1n) is 16.8. The molecule has 13 heteroatoms. The van der Waals surface area contributed by atoms with Crippen LogP contribution in [0.5, 0.6) is 0 Å². The number of carbonyl (C=O) groups excluding carboxylic acids is 2. The third-order valence-corrected chi connectivity index (χ3v) is 8.67. The van der Waals surface area contributed by atoms with Gasteiger partial charge in [0.15, 0.2) is 7.85 Å². The number of ether oxygens (including phenoxy) is 3. The molecule has 4 atom stereocenters. The molecule has 45 heavy (non-hydrogen) atoms. The van der Waals surface area contributed by atoms with Crippen molar-refractivity contribution in [3.05, 3.63) is 17.6 Å². The van der Waals surface area contributed by atoms with Crippen molar-refractivity contribution in [2.24, 2.45) is 5.73 Å². The maximum absolute atomic E-state index is 12.3. The van der Waals surface area contributed by atoms with E-state index < -0.39 is 35.8 Å². The molecule has 4 unspecified atom stereocenters. The van der Waals surface area contributed by atoms with Crippen molar-refractivity contribution in [1.82, 2.24) is 14.5 Å². The number of aliphatic hydroxyl groups is 2. The standard InChI is InChI=1S/C32H54BN5O7/c1-3-4-5-6-7-8-9-10-11-12-13-14-15-16-18-43-19-17-25(39)44-21-24-27(40)28(41)32(33,45-24)38-20-23(30(35)42)26-29(34)36-22(2)37-31(26)38/h20,24,27-28,40-41H,3-19,21,33H2,1-2H3,(H2,35,42)(H2,34,36,37). The summed E-state index contributed by atoms with van der Waals surface area (Å²) in [6.07, 6.45) is 15.7. The molecule has 1 aliphatic heterocycles. The first-order chi connectivity index (χ1) is 21.6. The van der Waals surface area contributed by atoms with E-state index in [2.05, 4.69) is 16.9 Å². The van der Waals surface area contributed by atoms with Gasteiger partial charge in [-0.15, -0.1) is 0 Å². The van der Waals surface area contributed by atoms with Gasteiger partial charge in [0.1, 0.15) is 47.8 Å². The van der Waals surface area contributed by atoms with Crippen LogP contribution >= 0.6 is 0 Å². The van der Waals surface area contributed by atoms with E-state index >= 15 is 0 Å². The Labute approximate surface area is 268 Å². The molecule has 3 heterocycles. The summed E-state index contributed by atoms with van der Waals surface area (Å²) in [6, 6.07) is 0. The second kappa shape index (κ2) is 18.4. The maximum atomic E-state index is 12.3. The smallest absolute Gasteiger partial charge is 0.308 e. The highest BCUT2D eigenvalue weighted by Crippen LogP contribution is 2.37. The number of nitrogens with zero attached hydrogens (tertiary/aromatic N) is 3. The van der Waals surface area contributed by atoms with Crippen LogP contribution in [0.1, 0.15) is 119 Å². The zero-order valence-electron chi connectivity index (χ0n) is 27.5. The molecule has 0 bridgehead atoms. The van der Waals surface area contributed by atoms with Crippen molar-refractivity contribution in [3.8, 4) is 0 Å². The lowest BCUT2D eigenvalue weighted by Crippen LogP contribution is -2.46. The molecule has 1 fully saturated rings. The number of nitrogen functional groups attached to an aromatic ring is 1. The van der Waals surface area contributed by atoms with Gasteiger partial charge in [0.05, 0.1) is 24.0 Å². The van der Waals surface area contributed by atoms with Gasteiger partial charge in [-0.1, -0.05) is 90.4 Å². The summed E-state index contributed by atoms with van der Waals surface area (Å²) in [5.41, 5.74) is 10.3. The van der Waals surface area contributed by atoms with E-state index in [4.69, 9.17) is 25.7 Å². The van der Waals surface area contributed by atoms with Crippen LogP contribution in [0, 0.1) is 6.92 Å². The van der Waals surface area contributed by atoms with Gasteiger partial charge in [-0.05, 0) is 13.3 Å². The summed E-state index contributed by atoms with van der Waals surface area (Å²) >= 11 is 0. The van der Waals surface area contributed by atoms with E-state index in [1.54, 1.807) is 6.92 Å². The number of nitrogens with two attached hydrogens (primary N) is 2. The van der Waals surface area contributed by atoms with Gasteiger partial charge in [0.25, 0.3) is 5.91 Å². The summed E-state index contributed by atoms with van der Waals surface area (Å²) in [5, 5.41) is 21.9. The van der Waals surface area contributed by atoms with Crippen LogP contribution in [0.15, 0.2) is 6.20 Å². The number of carbonyl (C=O) groups is 2. The molecule has 6 N–H and O–H groups in total. The number of hydrogen-bond acceptors (Lipinski definition) is 10. The van der Waals surface area contributed by atoms with Crippen molar-refractivity contribution in [2.45, 2.75) is 134 Å². The monoisotopic (exact) mass is 631 g/mol. The fourth-order valence-electron chi connectivity index (χ4n) is 5.99. The molecule has 1 saturated heterocycles. The highest BCUT2D eigenvalue weighted by molar-refractivity contribution is 6.15. The number of fused-ring (bicyclic) bond motifs is 1. The van der Waals surface area contributed by atoms with E-state index in [-0.39, 0.29) is 42.0 Å². The summed E-state index contributed by atoms with van der Waals surface area (Å²) in [7, 11) is 1.53. The van der Waals surface area contributed by atoms with Gasteiger partial charge in [-0.25, -0.2) is 9.97 Å². The zero-order chi connectivity index (χ0) is 32.8. The van der Waals surface area contributed by atoms with Crippen LogP contribution in [0.4, 0.5) is 5.82 Å². The van der Waals surface area contributed by atoms with Crippen molar-refractivity contribution < 1.29 is 34.0 Å². The average Bonchev–Trinajstić information content (AvgIpc) is 3.50. The Kier molecular flexibility index (Phi) is 15.0. The SMILES string of the molecule is BC1(n2cc(C(N)=O)c3c(N)nc(C)nc32)OC(COC(=O)CCOCCCCCCCCCCCCCCCC)C(O)C1O. The van der Waals surface area contributed by atoms with Crippen molar-refractivity contribution >= 4 is 36.6 Å². The molecule has 0 aromatic carbocycles. The zero-order valence-corrected chi connectivity index (χ0v) is 27.5. The highest BCUT2D eigenvalue weighted by atomic mass is 16.6. The lowest BCUT2D eigenvalue weighted by molar-refractivity contribution is -0.152. The number of amides is 1. The third-order valence-electron chi connectivity index (χ3n) is 8.67. The second-order valence-corrected chi connectivity index (χ2v) is 12.4. The first kappa shape index (κ1) is 36.7. The Morgan fingerprint density at radius 1 is 0.978 bits per heavy atom. The topological polar surface area (TPSA) is 185 Å². The van der Waals surface area contributed by atoms with Gasteiger partial charge < -0.3 is 40.5 Å². The lowest BCUT2D eigenvalue weighted by atomic mass is 9.84. The van der Waals surface area contributed by atoms with Crippen molar-refractivity contribution in [1.29, 1.82) is 0 Å². The fraction of sp³-hybridized carbons (Fsp3) is 0.750. The lowest BCUT2D eigenvalue weighted by Gasteiger charge is -2.30. The molecule has 12 nitrogen and oxygen atoms in total. The number of primary amides is 1.